The third-order valence-corrected chi connectivity index (χ3v) is 7.22. The number of nitrogens with zero attached hydrogens (tertiary/aromatic N) is 3. The van der Waals surface area contributed by atoms with Crippen LogP contribution in [0.25, 0.3) is 10.2 Å². The zero-order valence-corrected chi connectivity index (χ0v) is 17.3. The Hall–Kier alpha value is -1.14. The molecule has 0 aliphatic carbocycles. The van der Waals surface area contributed by atoms with Gasteiger partial charge in [0.2, 0.25) is 5.91 Å². The van der Waals surface area contributed by atoms with Gasteiger partial charge in [0.15, 0.2) is 0 Å². The molecule has 0 radical (unpaired) electrons. The number of hydrogen-bond donors (Lipinski definition) is 0. The topological polar surface area (TPSA) is 46.1 Å². The number of aryl methyl sites for hydroxylation is 2. The Labute approximate surface area is 158 Å². The fraction of sp³-hybridized carbons (Fsp3) is 0.632. The molecule has 3 rings (SSSR count). The van der Waals surface area contributed by atoms with E-state index in [2.05, 4.69) is 41.7 Å². The van der Waals surface area contributed by atoms with E-state index in [4.69, 9.17) is 0 Å². The molecule has 0 saturated carbocycles. The van der Waals surface area contributed by atoms with E-state index in [9.17, 15) is 4.79 Å². The van der Waals surface area contributed by atoms with E-state index < -0.39 is 0 Å². The van der Waals surface area contributed by atoms with E-state index >= 15 is 0 Å². The molecule has 3 heterocycles. The summed E-state index contributed by atoms with van der Waals surface area (Å²) in [6, 6.07) is 2.85. The molecule has 3 atom stereocenters. The van der Waals surface area contributed by atoms with Gasteiger partial charge in [0, 0.05) is 22.3 Å². The summed E-state index contributed by atoms with van der Waals surface area (Å²) in [5, 5.41) is 1.90. The van der Waals surface area contributed by atoms with Gasteiger partial charge in [-0.25, -0.2) is 9.97 Å². The van der Waals surface area contributed by atoms with Crippen molar-refractivity contribution in [1.29, 1.82) is 0 Å². The molecule has 2 aromatic heterocycles. The molecule has 25 heavy (non-hydrogen) atoms. The second-order valence-corrected chi connectivity index (χ2v) is 9.44. The Morgan fingerprint density at radius 1 is 1.36 bits per heavy atom. The lowest BCUT2D eigenvalue weighted by molar-refractivity contribution is -0.136. The summed E-state index contributed by atoms with van der Waals surface area (Å²) in [5.74, 6) is 1.01. The van der Waals surface area contributed by atoms with Crippen molar-refractivity contribution in [3.05, 3.63) is 16.8 Å². The number of rotatable bonds is 4. The first-order chi connectivity index (χ1) is 11.9. The third-order valence-electron chi connectivity index (χ3n) is 4.95. The van der Waals surface area contributed by atoms with Crippen molar-refractivity contribution in [3.8, 4) is 0 Å². The summed E-state index contributed by atoms with van der Waals surface area (Å²) >= 11 is 3.31. The van der Waals surface area contributed by atoms with Crippen LogP contribution in [-0.2, 0) is 11.2 Å². The Morgan fingerprint density at radius 2 is 2.04 bits per heavy atom. The molecule has 0 bridgehead atoms. The van der Waals surface area contributed by atoms with Crippen LogP contribution < -0.4 is 0 Å². The van der Waals surface area contributed by atoms with Crippen molar-refractivity contribution in [2.24, 2.45) is 0 Å². The van der Waals surface area contributed by atoms with E-state index in [1.165, 1.54) is 11.3 Å². The normalized spacial score (nSPS) is 22.4. The molecule has 1 aliphatic rings. The minimum Gasteiger partial charge on any atom is -0.336 e. The Kier molecular flexibility index (Phi) is 5.68. The van der Waals surface area contributed by atoms with Gasteiger partial charge in [-0.05, 0) is 59.4 Å². The van der Waals surface area contributed by atoms with Gasteiger partial charge in [-0.15, -0.1) is 11.3 Å². The lowest BCUT2D eigenvalue weighted by atomic mass is 9.97. The van der Waals surface area contributed by atoms with Crippen molar-refractivity contribution in [3.63, 3.8) is 0 Å². The quantitative estimate of drug-likeness (QED) is 0.565. The van der Waals surface area contributed by atoms with Gasteiger partial charge in [0.1, 0.15) is 15.7 Å². The lowest BCUT2D eigenvalue weighted by Crippen LogP contribution is -2.50. The molecule has 1 amide bonds. The SMILES string of the molecule is CCc1cc2c(SC(C)C(=O)N3C(C)CCCC3C)nc(C)nc2s1. The summed E-state index contributed by atoms with van der Waals surface area (Å²) in [4.78, 5) is 26.7. The van der Waals surface area contributed by atoms with Crippen LogP contribution >= 0.6 is 23.1 Å². The van der Waals surface area contributed by atoms with Crippen molar-refractivity contribution in [2.45, 2.75) is 82.7 Å². The minimum atomic E-state index is -0.134. The summed E-state index contributed by atoms with van der Waals surface area (Å²) in [6.07, 6.45) is 4.43. The molecule has 4 nitrogen and oxygen atoms in total. The number of amides is 1. The predicted molar refractivity (Wildman–Crippen MR) is 106 cm³/mol. The van der Waals surface area contributed by atoms with Gasteiger partial charge in [-0.3, -0.25) is 4.79 Å². The van der Waals surface area contributed by atoms with E-state index in [0.29, 0.717) is 12.1 Å². The molecule has 0 spiro atoms. The molecule has 0 aromatic carbocycles. The lowest BCUT2D eigenvalue weighted by Gasteiger charge is -2.40. The van der Waals surface area contributed by atoms with E-state index in [1.54, 1.807) is 23.1 Å². The van der Waals surface area contributed by atoms with Crippen molar-refractivity contribution < 1.29 is 4.79 Å². The number of likely N-dealkylation sites (tertiary alicyclic amines) is 1. The van der Waals surface area contributed by atoms with Gasteiger partial charge in [0.05, 0.1) is 5.25 Å². The standard InChI is InChI=1S/C19H27N3OS2/c1-6-15-10-16-17(20-14(5)21-18(16)25-15)24-13(4)19(23)22-11(2)8-7-9-12(22)3/h10-13H,6-9H2,1-5H3. The highest BCUT2D eigenvalue weighted by Crippen LogP contribution is 2.35. The van der Waals surface area contributed by atoms with Gasteiger partial charge in [0.25, 0.3) is 0 Å². The maximum Gasteiger partial charge on any atom is 0.236 e. The molecule has 0 N–H and O–H groups in total. The Morgan fingerprint density at radius 3 is 2.68 bits per heavy atom. The summed E-state index contributed by atoms with van der Waals surface area (Å²) in [6.45, 7) is 10.4. The first-order valence-electron chi connectivity index (χ1n) is 9.16. The molecule has 6 heteroatoms. The number of thiophene rings is 1. The number of fused-ring (bicyclic) bond motifs is 1. The van der Waals surface area contributed by atoms with Crippen molar-refractivity contribution in [2.75, 3.05) is 0 Å². The first kappa shape index (κ1) is 18.6. The van der Waals surface area contributed by atoms with Crippen LogP contribution in [0.4, 0.5) is 0 Å². The second kappa shape index (κ2) is 7.62. The van der Waals surface area contributed by atoms with E-state index in [0.717, 1.165) is 40.3 Å². The number of piperidine rings is 1. The highest BCUT2D eigenvalue weighted by molar-refractivity contribution is 8.00. The molecular weight excluding hydrogens is 350 g/mol. The summed E-state index contributed by atoms with van der Waals surface area (Å²) in [7, 11) is 0. The molecule has 3 unspecified atom stereocenters. The summed E-state index contributed by atoms with van der Waals surface area (Å²) in [5.41, 5.74) is 0. The molecule has 136 valence electrons. The first-order valence-corrected chi connectivity index (χ1v) is 10.9. The van der Waals surface area contributed by atoms with Crippen LogP contribution in [0.5, 0.6) is 0 Å². The van der Waals surface area contributed by atoms with E-state index in [-0.39, 0.29) is 11.2 Å². The monoisotopic (exact) mass is 377 g/mol. The maximum absolute atomic E-state index is 13.1. The van der Waals surface area contributed by atoms with Crippen LogP contribution in [0.15, 0.2) is 11.1 Å². The summed E-state index contributed by atoms with van der Waals surface area (Å²) < 4.78 is 0. The molecule has 1 saturated heterocycles. The zero-order valence-electron chi connectivity index (χ0n) is 15.7. The maximum atomic E-state index is 13.1. The smallest absolute Gasteiger partial charge is 0.236 e. The van der Waals surface area contributed by atoms with Crippen LogP contribution in [0.2, 0.25) is 0 Å². The number of carbonyl (C=O) groups is 1. The van der Waals surface area contributed by atoms with Gasteiger partial charge >= 0.3 is 0 Å². The fourth-order valence-electron chi connectivity index (χ4n) is 3.59. The predicted octanol–water partition coefficient (Wildman–Crippen LogP) is 4.83. The number of hydrogen-bond acceptors (Lipinski definition) is 5. The largest absolute Gasteiger partial charge is 0.336 e. The number of aromatic nitrogens is 2. The number of thioether (sulfide) groups is 1. The van der Waals surface area contributed by atoms with Gasteiger partial charge < -0.3 is 4.90 Å². The average Bonchev–Trinajstić information content (AvgIpc) is 2.97. The van der Waals surface area contributed by atoms with E-state index in [1.807, 2.05) is 13.8 Å². The second-order valence-electron chi connectivity index (χ2n) is 7.00. The van der Waals surface area contributed by atoms with Crippen molar-refractivity contribution >= 4 is 39.2 Å². The highest BCUT2D eigenvalue weighted by atomic mass is 32.2. The number of carbonyl (C=O) groups excluding carboxylic acids is 1. The van der Waals surface area contributed by atoms with Crippen LogP contribution in [0, 0.1) is 6.92 Å². The third kappa shape index (κ3) is 3.85. The fourth-order valence-corrected chi connectivity index (χ4v) is 5.70. The Bertz CT molecular complexity index is 763. The highest BCUT2D eigenvalue weighted by Gasteiger charge is 2.32. The van der Waals surface area contributed by atoms with Crippen molar-refractivity contribution in [1.82, 2.24) is 14.9 Å². The minimum absolute atomic E-state index is 0.134. The van der Waals surface area contributed by atoms with Crippen LogP contribution in [0.3, 0.4) is 0 Å². The Balaban J connectivity index is 1.85. The molecular formula is C19H27N3OS2. The zero-order chi connectivity index (χ0) is 18.1. The average molecular weight is 378 g/mol. The van der Waals surface area contributed by atoms with Crippen LogP contribution in [-0.4, -0.2) is 38.1 Å². The van der Waals surface area contributed by atoms with Gasteiger partial charge in [-0.2, -0.15) is 0 Å². The van der Waals surface area contributed by atoms with Gasteiger partial charge in [-0.1, -0.05) is 18.7 Å². The molecule has 1 fully saturated rings. The molecule has 1 aliphatic heterocycles. The van der Waals surface area contributed by atoms with Crippen LogP contribution in [0.1, 0.15) is 57.7 Å². The molecule has 2 aromatic rings.